The summed E-state index contributed by atoms with van der Waals surface area (Å²) in [6.45, 7) is -0.0780. The fourth-order valence-electron chi connectivity index (χ4n) is 2.20. The maximum Gasteiger partial charge on any atom is 0.303 e. The molecule has 0 aromatic heterocycles. The highest BCUT2D eigenvalue weighted by Crippen LogP contribution is 2.28. The first kappa shape index (κ1) is 23.4. The van der Waals surface area contributed by atoms with Gasteiger partial charge in [0, 0.05) is 28.6 Å². The van der Waals surface area contributed by atoms with Crippen LogP contribution < -0.4 is 9.46 Å². The van der Waals surface area contributed by atoms with E-state index in [2.05, 4.69) is 4.72 Å². The van der Waals surface area contributed by atoms with E-state index in [9.17, 15) is 22.0 Å². The van der Waals surface area contributed by atoms with Crippen molar-refractivity contribution in [3.8, 4) is 5.75 Å². The molecule has 0 radical (unpaired) electrons. The van der Waals surface area contributed by atoms with Crippen LogP contribution in [0.4, 0.5) is 8.78 Å². The highest BCUT2D eigenvalue weighted by molar-refractivity contribution is 7.99. The van der Waals surface area contributed by atoms with Crippen LogP contribution in [-0.4, -0.2) is 38.4 Å². The Balaban J connectivity index is 1.86. The zero-order chi connectivity index (χ0) is 21.4. The lowest BCUT2D eigenvalue weighted by Crippen LogP contribution is -2.25. The van der Waals surface area contributed by atoms with E-state index in [-0.39, 0.29) is 41.5 Å². The monoisotopic (exact) mass is 465 g/mol. The number of carboxylic acids is 1. The minimum absolute atomic E-state index is 0.0479. The molecule has 0 bridgehead atoms. The molecule has 0 heterocycles. The second-order valence-corrected chi connectivity index (χ2v) is 9.13. The van der Waals surface area contributed by atoms with E-state index in [0.717, 1.165) is 23.9 Å². The number of carbonyl (C=O) groups is 1. The number of thioether (sulfide) groups is 1. The number of carboxylic acid groups (broad SMARTS) is 1. The zero-order valence-electron chi connectivity index (χ0n) is 15.0. The summed E-state index contributed by atoms with van der Waals surface area (Å²) in [6.07, 6.45) is -0.0401. The second kappa shape index (κ2) is 10.8. The third-order valence-electron chi connectivity index (χ3n) is 3.54. The number of ether oxygens (including phenoxy) is 1. The smallest absolute Gasteiger partial charge is 0.303 e. The topological polar surface area (TPSA) is 92.7 Å². The molecule has 0 unspecified atom stereocenters. The van der Waals surface area contributed by atoms with Gasteiger partial charge in [0.05, 0.1) is 11.5 Å². The van der Waals surface area contributed by atoms with Gasteiger partial charge in [-0.1, -0.05) is 11.6 Å². The third-order valence-corrected chi connectivity index (χ3v) is 6.25. The maximum atomic E-state index is 14.0. The van der Waals surface area contributed by atoms with Crippen molar-refractivity contribution in [1.29, 1.82) is 0 Å². The van der Waals surface area contributed by atoms with Gasteiger partial charge in [0.25, 0.3) is 0 Å². The highest BCUT2D eigenvalue weighted by Gasteiger charge is 2.15. The Morgan fingerprint density at radius 1 is 1.17 bits per heavy atom. The van der Waals surface area contributed by atoms with E-state index < -0.39 is 33.4 Å². The molecular formula is C18H18ClF2NO5S2. The number of hydrogen-bond acceptors (Lipinski definition) is 5. The van der Waals surface area contributed by atoms with Crippen LogP contribution in [0.5, 0.6) is 5.75 Å². The third kappa shape index (κ3) is 7.46. The fourth-order valence-corrected chi connectivity index (χ4v) is 4.30. The van der Waals surface area contributed by atoms with Crippen LogP contribution in [0.2, 0.25) is 5.02 Å². The summed E-state index contributed by atoms with van der Waals surface area (Å²) in [4.78, 5) is 10.7. The molecule has 158 valence electrons. The minimum atomic E-state index is -3.71. The first-order valence-corrected chi connectivity index (χ1v) is 11.3. The molecule has 0 aliphatic carbocycles. The standard InChI is InChI=1S/C18H18ClF2NO5S2/c19-12-3-5-14(6-4-12)29(25,26)22-7-9-28-13-10-15(20)18(16(21)11-13)27-8-1-2-17(23)24/h3-6,10-11,22H,1-2,7-9H2,(H,23,24). The predicted octanol–water partition coefficient (Wildman–Crippen LogP) is 3.93. The van der Waals surface area contributed by atoms with Gasteiger partial charge in [0.15, 0.2) is 17.4 Å². The van der Waals surface area contributed by atoms with Crippen molar-refractivity contribution in [1.82, 2.24) is 4.72 Å². The molecule has 2 aromatic rings. The lowest BCUT2D eigenvalue weighted by molar-refractivity contribution is -0.137. The Kier molecular flexibility index (Phi) is 8.69. The number of sulfonamides is 1. The molecule has 0 aliphatic rings. The lowest BCUT2D eigenvalue weighted by Gasteiger charge is -2.10. The Hall–Kier alpha value is -1.88. The molecule has 11 heteroatoms. The summed E-state index contributed by atoms with van der Waals surface area (Å²) < 4.78 is 59.7. The Bertz CT molecular complexity index is 932. The van der Waals surface area contributed by atoms with Crippen molar-refractivity contribution in [3.05, 3.63) is 53.1 Å². The molecule has 0 atom stereocenters. The molecule has 29 heavy (non-hydrogen) atoms. The summed E-state index contributed by atoms with van der Waals surface area (Å²) in [5.74, 6) is -3.17. The Morgan fingerprint density at radius 2 is 1.79 bits per heavy atom. The van der Waals surface area contributed by atoms with E-state index in [4.69, 9.17) is 21.4 Å². The molecule has 2 rings (SSSR count). The van der Waals surface area contributed by atoms with Crippen molar-refractivity contribution in [2.45, 2.75) is 22.6 Å². The minimum Gasteiger partial charge on any atom is -0.488 e. The van der Waals surface area contributed by atoms with Gasteiger partial charge in [-0.3, -0.25) is 4.79 Å². The first-order chi connectivity index (χ1) is 13.7. The summed E-state index contributed by atoms with van der Waals surface area (Å²) in [6, 6.07) is 7.82. The van der Waals surface area contributed by atoms with E-state index in [0.29, 0.717) is 5.02 Å². The van der Waals surface area contributed by atoms with Gasteiger partial charge in [-0.25, -0.2) is 21.9 Å². The maximum absolute atomic E-state index is 14.0. The molecule has 0 saturated carbocycles. The van der Waals surface area contributed by atoms with Crippen LogP contribution in [0.1, 0.15) is 12.8 Å². The fraction of sp³-hybridized carbons (Fsp3) is 0.278. The number of nitrogens with one attached hydrogen (secondary N) is 1. The van der Waals surface area contributed by atoms with Crippen molar-refractivity contribution >= 4 is 39.4 Å². The molecule has 0 saturated heterocycles. The van der Waals surface area contributed by atoms with Crippen LogP contribution in [0.15, 0.2) is 46.2 Å². The summed E-state index contributed by atoms with van der Waals surface area (Å²) in [5, 5.41) is 8.95. The van der Waals surface area contributed by atoms with Gasteiger partial charge in [0.2, 0.25) is 10.0 Å². The van der Waals surface area contributed by atoms with E-state index in [1.54, 1.807) is 0 Å². The quantitative estimate of drug-likeness (QED) is 0.386. The number of rotatable bonds is 11. The van der Waals surface area contributed by atoms with Crippen LogP contribution in [0.25, 0.3) is 0 Å². The van der Waals surface area contributed by atoms with Gasteiger partial charge in [-0.15, -0.1) is 11.8 Å². The lowest BCUT2D eigenvalue weighted by atomic mass is 10.3. The van der Waals surface area contributed by atoms with Gasteiger partial charge in [0.1, 0.15) is 0 Å². The molecule has 0 amide bonds. The van der Waals surface area contributed by atoms with Crippen molar-refractivity contribution in [2.75, 3.05) is 18.9 Å². The summed E-state index contributed by atoms with van der Waals surface area (Å²) >= 11 is 6.80. The second-order valence-electron chi connectivity index (χ2n) is 5.76. The number of aliphatic carboxylic acids is 1. The largest absolute Gasteiger partial charge is 0.488 e. The Labute approximate surface area is 176 Å². The highest BCUT2D eigenvalue weighted by atomic mass is 35.5. The van der Waals surface area contributed by atoms with Crippen LogP contribution in [0, 0.1) is 11.6 Å². The molecule has 2 N–H and O–H groups in total. The SMILES string of the molecule is O=C(O)CCCOc1c(F)cc(SCCNS(=O)(=O)c2ccc(Cl)cc2)cc1F. The van der Waals surface area contributed by atoms with Gasteiger partial charge in [-0.2, -0.15) is 0 Å². The molecule has 0 fully saturated rings. The van der Waals surface area contributed by atoms with Crippen LogP contribution in [0.3, 0.4) is 0 Å². The van der Waals surface area contributed by atoms with E-state index in [1.807, 2.05) is 0 Å². The molecular weight excluding hydrogens is 448 g/mol. The van der Waals surface area contributed by atoms with E-state index >= 15 is 0 Å². The van der Waals surface area contributed by atoms with Gasteiger partial charge in [-0.05, 0) is 42.8 Å². The van der Waals surface area contributed by atoms with Crippen molar-refractivity contribution in [2.24, 2.45) is 0 Å². The Morgan fingerprint density at radius 3 is 2.38 bits per heavy atom. The predicted molar refractivity (Wildman–Crippen MR) is 106 cm³/mol. The first-order valence-electron chi connectivity index (χ1n) is 8.41. The average Bonchev–Trinajstić information content (AvgIpc) is 2.64. The van der Waals surface area contributed by atoms with Gasteiger partial charge < -0.3 is 9.84 Å². The number of halogens is 3. The molecule has 0 aliphatic heterocycles. The van der Waals surface area contributed by atoms with Crippen molar-refractivity contribution < 1.29 is 31.8 Å². The van der Waals surface area contributed by atoms with Gasteiger partial charge >= 0.3 is 5.97 Å². The van der Waals surface area contributed by atoms with Crippen molar-refractivity contribution in [3.63, 3.8) is 0 Å². The molecule has 6 nitrogen and oxygen atoms in total. The average molecular weight is 466 g/mol. The number of hydrogen-bond donors (Lipinski definition) is 2. The zero-order valence-corrected chi connectivity index (χ0v) is 17.4. The molecule has 2 aromatic carbocycles. The van der Waals surface area contributed by atoms with E-state index in [1.165, 1.54) is 24.3 Å². The summed E-state index contributed by atoms with van der Waals surface area (Å²) in [7, 11) is -3.71. The summed E-state index contributed by atoms with van der Waals surface area (Å²) in [5.41, 5.74) is 0. The number of benzene rings is 2. The van der Waals surface area contributed by atoms with Crippen LogP contribution >= 0.6 is 23.4 Å². The molecule has 0 spiro atoms. The normalized spacial score (nSPS) is 11.4. The van der Waals surface area contributed by atoms with Crippen LogP contribution in [-0.2, 0) is 14.8 Å².